The standard InChI is InChI=1S/C20H23N3O4/c1-15(21-27-14-16-9-6-5-7-10-16)17-11-8-12-18(13-17)23(2)19(22-26-4)20(24)25-3/h5-13H,14H2,1-4H3. The number of amidine groups is 1. The van der Waals surface area contributed by atoms with Gasteiger partial charge in [-0.15, -0.1) is 0 Å². The number of likely N-dealkylation sites (N-methyl/N-ethyl adjacent to an activating group) is 1. The van der Waals surface area contributed by atoms with E-state index in [0.29, 0.717) is 12.3 Å². The van der Waals surface area contributed by atoms with Crippen LogP contribution < -0.4 is 4.90 Å². The van der Waals surface area contributed by atoms with Crippen molar-refractivity contribution >= 4 is 23.2 Å². The van der Waals surface area contributed by atoms with Gasteiger partial charge < -0.3 is 19.3 Å². The molecule has 2 rings (SSSR count). The van der Waals surface area contributed by atoms with Crippen molar-refractivity contribution in [1.82, 2.24) is 0 Å². The molecule has 7 nitrogen and oxygen atoms in total. The lowest BCUT2D eigenvalue weighted by molar-refractivity contribution is -0.133. The summed E-state index contributed by atoms with van der Waals surface area (Å²) >= 11 is 0. The number of hydrogen-bond acceptors (Lipinski definition) is 6. The number of oxime groups is 2. The van der Waals surface area contributed by atoms with Crippen LogP contribution in [0.4, 0.5) is 5.69 Å². The zero-order valence-corrected chi connectivity index (χ0v) is 15.9. The number of nitrogens with zero attached hydrogens (tertiary/aromatic N) is 3. The molecule has 0 spiro atoms. The maximum absolute atomic E-state index is 11.9. The van der Waals surface area contributed by atoms with Crippen LogP contribution in [0.1, 0.15) is 18.1 Å². The van der Waals surface area contributed by atoms with E-state index in [2.05, 4.69) is 10.3 Å². The predicted molar refractivity (Wildman–Crippen MR) is 105 cm³/mol. The Morgan fingerprint density at radius 1 is 1.04 bits per heavy atom. The van der Waals surface area contributed by atoms with Crippen molar-refractivity contribution in [2.45, 2.75) is 13.5 Å². The molecule has 0 aliphatic carbocycles. The number of benzene rings is 2. The molecule has 0 radical (unpaired) electrons. The maximum Gasteiger partial charge on any atom is 0.377 e. The van der Waals surface area contributed by atoms with Gasteiger partial charge in [-0.3, -0.25) is 0 Å². The van der Waals surface area contributed by atoms with Crippen LogP contribution in [0.25, 0.3) is 0 Å². The Balaban J connectivity index is 2.14. The van der Waals surface area contributed by atoms with Crippen LogP contribution >= 0.6 is 0 Å². The highest BCUT2D eigenvalue weighted by Crippen LogP contribution is 2.17. The fourth-order valence-electron chi connectivity index (χ4n) is 2.31. The average Bonchev–Trinajstić information content (AvgIpc) is 2.71. The Hall–Kier alpha value is -3.35. The van der Waals surface area contributed by atoms with Crippen LogP contribution in [-0.2, 0) is 25.8 Å². The Labute approximate surface area is 158 Å². The lowest BCUT2D eigenvalue weighted by Gasteiger charge is -2.19. The smallest absolute Gasteiger partial charge is 0.377 e. The topological polar surface area (TPSA) is 72.7 Å². The summed E-state index contributed by atoms with van der Waals surface area (Å²) < 4.78 is 4.75. The maximum atomic E-state index is 11.9. The lowest BCUT2D eigenvalue weighted by Crippen LogP contribution is -2.34. The summed E-state index contributed by atoms with van der Waals surface area (Å²) in [5.74, 6) is -0.562. The minimum absolute atomic E-state index is 0.0343. The van der Waals surface area contributed by atoms with E-state index in [1.54, 1.807) is 11.9 Å². The SMILES string of the molecule is CON=C(C(=O)OC)N(C)c1cccc(C(C)=NOCc2ccccc2)c1. The van der Waals surface area contributed by atoms with Crippen LogP contribution in [0.15, 0.2) is 64.9 Å². The summed E-state index contributed by atoms with van der Waals surface area (Å²) in [5, 5.41) is 7.92. The fraction of sp³-hybridized carbons (Fsp3) is 0.250. The van der Waals surface area contributed by atoms with E-state index in [-0.39, 0.29) is 5.84 Å². The van der Waals surface area contributed by atoms with Crippen molar-refractivity contribution in [1.29, 1.82) is 0 Å². The van der Waals surface area contributed by atoms with Crippen molar-refractivity contribution < 1.29 is 19.2 Å². The third-order valence-corrected chi connectivity index (χ3v) is 3.79. The summed E-state index contributed by atoms with van der Waals surface area (Å²) in [6.07, 6.45) is 0. The minimum atomic E-state index is -0.596. The Morgan fingerprint density at radius 3 is 2.44 bits per heavy atom. The van der Waals surface area contributed by atoms with Gasteiger partial charge in [0.25, 0.3) is 5.84 Å². The van der Waals surface area contributed by atoms with Crippen molar-refractivity contribution in [3.05, 3.63) is 65.7 Å². The summed E-state index contributed by atoms with van der Waals surface area (Å²) in [4.78, 5) is 23.7. The zero-order chi connectivity index (χ0) is 19.6. The first kappa shape index (κ1) is 20.0. The molecule has 0 amide bonds. The normalized spacial score (nSPS) is 11.7. The fourth-order valence-corrected chi connectivity index (χ4v) is 2.31. The van der Waals surface area contributed by atoms with Gasteiger partial charge >= 0.3 is 5.97 Å². The molecule has 0 atom stereocenters. The van der Waals surface area contributed by atoms with Crippen LogP contribution in [-0.4, -0.2) is 38.8 Å². The molecule has 0 aliphatic rings. The summed E-state index contributed by atoms with van der Waals surface area (Å²) in [5.41, 5.74) is 3.34. The lowest BCUT2D eigenvalue weighted by atomic mass is 10.1. The number of esters is 1. The third-order valence-electron chi connectivity index (χ3n) is 3.79. The molecule has 0 saturated heterocycles. The first-order chi connectivity index (χ1) is 13.1. The number of rotatable bonds is 6. The number of methoxy groups -OCH3 is 1. The molecular formula is C20H23N3O4. The van der Waals surface area contributed by atoms with E-state index in [0.717, 1.165) is 16.8 Å². The molecule has 0 bridgehead atoms. The molecule has 7 heteroatoms. The van der Waals surface area contributed by atoms with Gasteiger partial charge in [-0.05, 0) is 24.6 Å². The quantitative estimate of drug-likeness (QED) is 0.338. The largest absolute Gasteiger partial charge is 0.463 e. The van der Waals surface area contributed by atoms with Gasteiger partial charge in [0.2, 0.25) is 0 Å². The molecule has 0 N–H and O–H groups in total. The van der Waals surface area contributed by atoms with Crippen molar-refractivity contribution in [2.24, 2.45) is 10.3 Å². The highest BCUT2D eigenvalue weighted by molar-refractivity contribution is 6.40. The number of ether oxygens (including phenoxy) is 1. The van der Waals surface area contributed by atoms with Gasteiger partial charge in [0.15, 0.2) is 0 Å². The molecule has 0 heterocycles. The number of hydrogen-bond donors (Lipinski definition) is 0. The third kappa shape index (κ3) is 5.57. The van der Waals surface area contributed by atoms with E-state index in [1.165, 1.54) is 14.2 Å². The van der Waals surface area contributed by atoms with Gasteiger partial charge in [0, 0.05) is 18.3 Å². The molecule has 27 heavy (non-hydrogen) atoms. The molecule has 142 valence electrons. The van der Waals surface area contributed by atoms with Gasteiger partial charge in [-0.1, -0.05) is 52.8 Å². The summed E-state index contributed by atoms with van der Waals surface area (Å²) in [7, 11) is 4.36. The molecular weight excluding hydrogens is 346 g/mol. The number of carbonyl (C=O) groups excluding carboxylic acids is 1. The first-order valence-corrected chi connectivity index (χ1v) is 8.31. The van der Waals surface area contributed by atoms with E-state index >= 15 is 0 Å². The van der Waals surface area contributed by atoms with E-state index < -0.39 is 5.97 Å². The van der Waals surface area contributed by atoms with E-state index in [1.807, 2.05) is 61.5 Å². The minimum Gasteiger partial charge on any atom is -0.463 e. The van der Waals surface area contributed by atoms with Gasteiger partial charge in [-0.2, -0.15) is 0 Å². The molecule has 0 aliphatic heterocycles. The Morgan fingerprint density at radius 2 is 1.78 bits per heavy atom. The van der Waals surface area contributed by atoms with Crippen molar-refractivity contribution in [3.8, 4) is 0 Å². The van der Waals surface area contributed by atoms with Crippen LogP contribution in [0, 0.1) is 0 Å². The molecule has 0 aromatic heterocycles. The molecule has 0 unspecified atom stereocenters. The second kappa shape index (κ2) is 9.96. The van der Waals surface area contributed by atoms with Crippen LogP contribution in [0.2, 0.25) is 0 Å². The summed E-state index contributed by atoms with van der Waals surface area (Å²) in [6.45, 7) is 2.25. The van der Waals surface area contributed by atoms with Gasteiger partial charge in [0.05, 0.1) is 12.8 Å². The zero-order valence-electron chi connectivity index (χ0n) is 15.9. The number of anilines is 1. The molecule has 2 aromatic carbocycles. The molecule has 2 aromatic rings. The van der Waals surface area contributed by atoms with Crippen LogP contribution in [0.5, 0.6) is 0 Å². The van der Waals surface area contributed by atoms with Crippen molar-refractivity contribution in [2.75, 3.05) is 26.2 Å². The predicted octanol–water partition coefficient (Wildman–Crippen LogP) is 3.20. The van der Waals surface area contributed by atoms with Crippen molar-refractivity contribution in [3.63, 3.8) is 0 Å². The average molecular weight is 369 g/mol. The Bertz CT molecular complexity index is 819. The van der Waals surface area contributed by atoms with E-state index in [9.17, 15) is 4.79 Å². The molecule has 0 fully saturated rings. The van der Waals surface area contributed by atoms with Gasteiger partial charge in [-0.25, -0.2) is 4.79 Å². The summed E-state index contributed by atoms with van der Waals surface area (Å²) in [6, 6.07) is 17.3. The number of carbonyl (C=O) groups is 1. The second-order valence-electron chi connectivity index (χ2n) is 5.63. The van der Waals surface area contributed by atoms with Gasteiger partial charge in [0.1, 0.15) is 13.7 Å². The highest BCUT2D eigenvalue weighted by atomic mass is 16.6. The first-order valence-electron chi connectivity index (χ1n) is 8.31. The molecule has 0 saturated carbocycles. The van der Waals surface area contributed by atoms with E-state index in [4.69, 9.17) is 14.4 Å². The Kier molecular flexibility index (Phi) is 7.37. The highest BCUT2D eigenvalue weighted by Gasteiger charge is 2.20. The monoisotopic (exact) mass is 369 g/mol. The second-order valence-corrected chi connectivity index (χ2v) is 5.63. The van der Waals surface area contributed by atoms with Crippen LogP contribution in [0.3, 0.4) is 0 Å².